The van der Waals surface area contributed by atoms with Crippen molar-refractivity contribution >= 4 is 11.9 Å². The average Bonchev–Trinajstić information content (AvgIpc) is 2.74. The summed E-state index contributed by atoms with van der Waals surface area (Å²) < 4.78 is 12.6. The first-order chi connectivity index (χ1) is 14.2. The van der Waals surface area contributed by atoms with E-state index < -0.39 is 24.6 Å². The Labute approximate surface area is 192 Å². The second kappa shape index (κ2) is 24.1. The second-order valence-corrected chi connectivity index (χ2v) is 16.6. The molecule has 5 heteroatoms. The van der Waals surface area contributed by atoms with Crippen molar-refractivity contribution in [2.24, 2.45) is 0 Å². The van der Waals surface area contributed by atoms with Gasteiger partial charge in [0.15, 0.2) is 0 Å². The van der Waals surface area contributed by atoms with Crippen LogP contribution in [0.5, 0.6) is 0 Å². The predicted octanol–water partition coefficient (Wildman–Crippen LogP) is 7.27. The van der Waals surface area contributed by atoms with Crippen LogP contribution in [-0.2, 0) is 43.6 Å². The molecule has 0 spiro atoms. The maximum absolute atomic E-state index is 11.0. The summed E-state index contributed by atoms with van der Waals surface area (Å²) in [5, 5.41) is 0. The fraction of sp³-hybridized carbons (Fsp3) is 0.917. The first-order valence-corrected chi connectivity index (χ1v) is 20.1. The fourth-order valence-electron chi connectivity index (χ4n) is 3.75. The van der Waals surface area contributed by atoms with Crippen LogP contribution in [0, 0.1) is 0 Å². The summed E-state index contributed by atoms with van der Waals surface area (Å²) in [4.78, 5) is 22.0. The Morgan fingerprint density at radius 1 is 0.483 bits per heavy atom. The van der Waals surface area contributed by atoms with Crippen LogP contribution in [0.15, 0.2) is 0 Å². The van der Waals surface area contributed by atoms with Crippen molar-refractivity contribution < 1.29 is 43.6 Å². The smallest absolute Gasteiger partial charge is 0.0806 e. The van der Waals surface area contributed by atoms with Gasteiger partial charge in [0, 0.05) is 0 Å². The molecule has 0 aromatic rings. The Morgan fingerprint density at radius 2 is 0.759 bits per heavy atom. The Kier molecular flexibility index (Phi) is 24.0. The number of ether oxygens (including phenoxy) is 2. The van der Waals surface area contributed by atoms with Gasteiger partial charge in [-0.25, -0.2) is 0 Å². The van der Waals surface area contributed by atoms with Crippen LogP contribution in [-0.4, -0.2) is 26.2 Å². The zero-order valence-corrected chi connectivity index (χ0v) is 25.0. The molecule has 0 atom stereocenters. The molecule has 0 aliphatic heterocycles. The summed E-state index contributed by atoms with van der Waals surface area (Å²) in [6.45, 7) is 0. The van der Waals surface area contributed by atoms with Crippen LogP contribution in [0.1, 0.15) is 116 Å². The predicted molar refractivity (Wildman–Crippen MR) is 117 cm³/mol. The molecular formula is C24H46HgO4. The molecule has 0 aromatic heterocycles. The van der Waals surface area contributed by atoms with Gasteiger partial charge in [-0.3, -0.25) is 0 Å². The van der Waals surface area contributed by atoms with Gasteiger partial charge < -0.3 is 0 Å². The third-order valence-corrected chi connectivity index (χ3v) is 13.5. The zero-order valence-electron chi connectivity index (χ0n) is 19.5. The van der Waals surface area contributed by atoms with Crippen molar-refractivity contribution in [3.8, 4) is 0 Å². The summed E-state index contributed by atoms with van der Waals surface area (Å²) in [6.07, 6.45) is 22.1. The van der Waals surface area contributed by atoms with Crippen molar-refractivity contribution in [1.29, 1.82) is 0 Å². The van der Waals surface area contributed by atoms with Crippen LogP contribution < -0.4 is 0 Å². The van der Waals surface area contributed by atoms with Crippen molar-refractivity contribution in [1.82, 2.24) is 0 Å². The van der Waals surface area contributed by atoms with Gasteiger partial charge in [-0.1, -0.05) is 0 Å². The molecule has 0 heterocycles. The van der Waals surface area contributed by atoms with Gasteiger partial charge in [0.1, 0.15) is 0 Å². The molecular weight excluding hydrogens is 553 g/mol. The van der Waals surface area contributed by atoms with E-state index in [1.807, 2.05) is 0 Å². The Balaban J connectivity index is 3.05. The first-order valence-electron chi connectivity index (χ1n) is 12.3. The Morgan fingerprint density at radius 3 is 1.07 bits per heavy atom. The molecule has 0 fully saturated rings. The molecule has 0 saturated heterocycles. The number of unbranched alkanes of at least 4 members (excludes halogenated alkanes) is 14. The van der Waals surface area contributed by atoms with E-state index in [-0.39, 0.29) is 11.9 Å². The van der Waals surface area contributed by atoms with E-state index in [4.69, 9.17) is 0 Å². The van der Waals surface area contributed by atoms with Gasteiger partial charge in [0.05, 0.1) is 14.2 Å². The quantitative estimate of drug-likeness (QED) is 0.0747. The molecule has 0 aliphatic rings. The number of esters is 2. The Hall–Kier alpha value is -0.125. The van der Waals surface area contributed by atoms with E-state index in [0.717, 1.165) is 12.8 Å². The number of hydrogen-bond donors (Lipinski definition) is 0. The van der Waals surface area contributed by atoms with Crippen LogP contribution in [0.3, 0.4) is 0 Å². The zero-order chi connectivity index (χ0) is 21.4. The third kappa shape index (κ3) is 24.0. The van der Waals surface area contributed by atoms with E-state index in [1.54, 1.807) is 7.86 Å². The van der Waals surface area contributed by atoms with Crippen LogP contribution in [0.2, 0.25) is 7.86 Å². The molecule has 168 valence electrons. The van der Waals surface area contributed by atoms with Gasteiger partial charge in [-0.2, -0.15) is 0 Å². The van der Waals surface area contributed by atoms with E-state index in [1.165, 1.54) is 104 Å². The third-order valence-electron chi connectivity index (χ3n) is 5.72. The number of methoxy groups -OCH3 is 2. The van der Waals surface area contributed by atoms with Gasteiger partial charge in [0.2, 0.25) is 0 Å². The van der Waals surface area contributed by atoms with Gasteiger partial charge >= 0.3 is 179 Å². The summed E-state index contributed by atoms with van der Waals surface area (Å²) >= 11 is -0.520. The summed E-state index contributed by atoms with van der Waals surface area (Å²) in [5.41, 5.74) is 0. The number of hydrogen-bond acceptors (Lipinski definition) is 4. The average molecular weight is 599 g/mol. The summed E-state index contributed by atoms with van der Waals surface area (Å²) in [6, 6.07) is 0. The molecule has 29 heavy (non-hydrogen) atoms. The number of carbonyl (C=O) groups excluding carboxylic acids is 2. The summed E-state index contributed by atoms with van der Waals surface area (Å²) in [5.74, 6) is -0.138. The van der Waals surface area contributed by atoms with Crippen molar-refractivity contribution in [3.05, 3.63) is 0 Å². The minimum absolute atomic E-state index is 0.0688. The van der Waals surface area contributed by atoms with E-state index in [9.17, 15) is 9.59 Å². The van der Waals surface area contributed by atoms with E-state index in [2.05, 4.69) is 9.47 Å². The molecule has 0 saturated carbocycles. The normalized spacial score (nSPS) is 10.6. The van der Waals surface area contributed by atoms with Crippen molar-refractivity contribution in [2.45, 2.75) is 123 Å². The van der Waals surface area contributed by atoms with Crippen LogP contribution >= 0.6 is 0 Å². The molecule has 0 aromatic carbocycles. The summed E-state index contributed by atoms with van der Waals surface area (Å²) in [7, 11) is 2.93. The van der Waals surface area contributed by atoms with E-state index >= 15 is 0 Å². The number of carbonyl (C=O) groups is 2. The van der Waals surface area contributed by atoms with Gasteiger partial charge in [0.25, 0.3) is 0 Å². The SMILES string of the molecule is COC(=O)CCCCCCCCC[CH2][Hg][CH2]CCCCCCCCCC(=O)OC. The second-order valence-electron chi connectivity index (χ2n) is 8.37. The molecule has 0 rings (SSSR count). The standard InChI is InChI=1S/2C12H23O2.Hg/c2*1-3-4-5-6-7-8-9-10-11-12(13)14-2;/h2*1,3-11H2,2H3;. The minimum Gasteiger partial charge on any atom is 0.0806 e. The van der Waals surface area contributed by atoms with Crippen molar-refractivity contribution in [3.63, 3.8) is 0 Å². The Bertz CT molecular complexity index is 340. The van der Waals surface area contributed by atoms with Crippen molar-refractivity contribution in [2.75, 3.05) is 14.2 Å². The molecule has 0 radical (unpaired) electrons. The maximum atomic E-state index is 11.0. The molecule has 0 unspecified atom stereocenters. The van der Waals surface area contributed by atoms with Crippen LogP contribution in [0.25, 0.3) is 0 Å². The molecule has 0 aliphatic carbocycles. The molecule has 0 bridgehead atoms. The molecule has 0 N–H and O–H groups in total. The topological polar surface area (TPSA) is 52.6 Å². The van der Waals surface area contributed by atoms with Crippen LogP contribution in [0.4, 0.5) is 0 Å². The monoisotopic (exact) mass is 600 g/mol. The first kappa shape index (κ1) is 28.9. The van der Waals surface area contributed by atoms with Gasteiger partial charge in [-0.05, 0) is 0 Å². The fourth-order valence-corrected chi connectivity index (χ4v) is 10.6. The van der Waals surface area contributed by atoms with Gasteiger partial charge in [-0.15, -0.1) is 0 Å². The number of rotatable bonds is 22. The molecule has 0 amide bonds. The minimum atomic E-state index is -0.520. The van der Waals surface area contributed by atoms with E-state index in [0.29, 0.717) is 12.8 Å². The molecule has 4 nitrogen and oxygen atoms in total.